The molecule has 0 radical (unpaired) electrons. The van der Waals surface area contributed by atoms with Gasteiger partial charge in [0.15, 0.2) is 0 Å². The highest BCUT2D eigenvalue weighted by Gasteiger charge is 1.99. The quantitative estimate of drug-likeness (QED) is 0.858. The molecule has 0 fully saturated rings. The molecule has 0 atom stereocenters. The number of ether oxygens (including phenoxy) is 2. The number of nitrogens with zero attached hydrogens (tertiary/aromatic N) is 1. The van der Waals surface area contributed by atoms with Crippen molar-refractivity contribution >= 4 is 0 Å². The zero-order chi connectivity index (χ0) is 11.4. The predicted octanol–water partition coefficient (Wildman–Crippen LogP) is 2.59. The molecule has 0 saturated carbocycles. The van der Waals surface area contributed by atoms with Crippen molar-refractivity contribution in [2.24, 2.45) is 0 Å². The highest BCUT2D eigenvalue weighted by molar-refractivity contribution is 5.35. The number of rotatable bonds is 3. The van der Waals surface area contributed by atoms with Crippen LogP contribution in [0.4, 0.5) is 0 Å². The third kappa shape index (κ3) is 2.42. The molecule has 0 spiro atoms. The number of hydrogen-bond donors (Lipinski definition) is 1. The Hall–Kier alpha value is -2.23. The summed E-state index contributed by atoms with van der Waals surface area (Å²) in [7, 11) is 1.55. The van der Waals surface area contributed by atoms with Gasteiger partial charge in [-0.25, -0.2) is 4.98 Å². The van der Waals surface area contributed by atoms with Crippen LogP contribution in [0.15, 0.2) is 42.6 Å². The Balaban J connectivity index is 2.16. The van der Waals surface area contributed by atoms with Crippen molar-refractivity contribution in [2.45, 2.75) is 0 Å². The SMILES string of the molecule is COc1cc(Oc2ccc(O)cc2)ccn1. The number of hydrogen-bond acceptors (Lipinski definition) is 4. The van der Waals surface area contributed by atoms with Gasteiger partial charge in [-0.2, -0.15) is 0 Å². The Morgan fingerprint density at radius 3 is 2.50 bits per heavy atom. The second kappa shape index (κ2) is 4.53. The maximum atomic E-state index is 9.12. The van der Waals surface area contributed by atoms with Crippen LogP contribution in [0.5, 0.6) is 23.1 Å². The monoisotopic (exact) mass is 217 g/mol. The van der Waals surface area contributed by atoms with E-state index in [0.29, 0.717) is 17.4 Å². The summed E-state index contributed by atoms with van der Waals surface area (Å²) in [5.74, 6) is 1.99. The molecule has 16 heavy (non-hydrogen) atoms. The normalized spacial score (nSPS) is 9.81. The summed E-state index contributed by atoms with van der Waals surface area (Å²) in [6.45, 7) is 0. The van der Waals surface area contributed by atoms with Crippen LogP contribution in [0.3, 0.4) is 0 Å². The third-order valence-corrected chi connectivity index (χ3v) is 1.99. The Labute approximate surface area is 93.1 Å². The molecule has 0 saturated heterocycles. The van der Waals surface area contributed by atoms with Gasteiger partial charge in [-0.15, -0.1) is 0 Å². The molecule has 0 amide bonds. The maximum Gasteiger partial charge on any atom is 0.216 e. The van der Waals surface area contributed by atoms with E-state index in [-0.39, 0.29) is 5.75 Å². The molecule has 0 aliphatic heterocycles. The van der Waals surface area contributed by atoms with Gasteiger partial charge in [-0.3, -0.25) is 0 Å². The van der Waals surface area contributed by atoms with Crippen molar-refractivity contribution in [3.05, 3.63) is 42.6 Å². The minimum atomic E-state index is 0.208. The van der Waals surface area contributed by atoms with Gasteiger partial charge in [0.05, 0.1) is 7.11 Å². The van der Waals surface area contributed by atoms with Gasteiger partial charge in [0.25, 0.3) is 0 Å². The lowest BCUT2D eigenvalue weighted by molar-refractivity contribution is 0.392. The van der Waals surface area contributed by atoms with E-state index < -0.39 is 0 Å². The summed E-state index contributed by atoms with van der Waals surface area (Å²) >= 11 is 0. The topological polar surface area (TPSA) is 51.6 Å². The fraction of sp³-hybridized carbons (Fsp3) is 0.0833. The molecule has 82 valence electrons. The lowest BCUT2D eigenvalue weighted by Gasteiger charge is -2.06. The average Bonchev–Trinajstić information content (AvgIpc) is 2.32. The Kier molecular flexibility index (Phi) is 2.91. The first-order valence-corrected chi connectivity index (χ1v) is 4.75. The van der Waals surface area contributed by atoms with Crippen LogP contribution >= 0.6 is 0 Å². The molecule has 1 aromatic carbocycles. The van der Waals surface area contributed by atoms with E-state index in [0.717, 1.165) is 0 Å². The number of methoxy groups -OCH3 is 1. The fourth-order valence-corrected chi connectivity index (χ4v) is 1.22. The first kappa shape index (κ1) is 10.3. The van der Waals surface area contributed by atoms with Crippen LogP contribution in [0.1, 0.15) is 0 Å². The second-order valence-electron chi connectivity index (χ2n) is 3.13. The molecule has 0 unspecified atom stereocenters. The van der Waals surface area contributed by atoms with Gasteiger partial charge in [0.1, 0.15) is 17.2 Å². The average molecular weight is 217 g/mol. The van der Waals surface area contributed by atoms with E-state index in [9.17, 15) is 0 Å². The lowest BCUT2D eigenvalue weighted by atomic mass is 10.3. The molecule has 4 heteroatoms. The smallest absolute Gasteiger partial charge is 0.216 e. The van der Waals surface area contributed by atoms with Gasteiger partial charge in [-0.1, -0.05) is 0 Å². The molecular formula is C12H11NO3. The largest absolute Gasteiger partial charge is 0.508 e. The van der Waals surface area contributed by atoms with Crippen molar-refractivity contribution in [1.29, 1.82) is 0 Å². The highest BCUT2D eigenvalue weighted by Crippen LogP contribution is 2.24. The molecule has 0 bridgehead atoms. The first-order valence-electron chi connectivity index (χ1n) is 4.75. The molecule has 1 aromatic heterocycles. The van der Waals surface area contributed by atoms with E-state index in [4.69, 9.17) is 14.6 Å². The summed E-state index contributed by atoms with van der Waals surface area (Å²) in [4.78, 5) is 3.97. The molecule has 2 aromatic rings. The molecule has 0 aliphatic rings. The summed E-state index contributed by atoms with van der Waals surface area (Å²) in [5.41, 5.74) is 0. The highest BCUT2D eigenvalue weighted by atomic mass is 16.5. The van der Waals surface area contributed by atoms with Gasteiger partial charge >= 0.3 is 0 Å². The van der Waals surface area contributed by atoms with E-state index in [2.05, 4.69) is 4.98 Å². The molecule has 1 N–H and O–H groups in total. The molecule has 4 nitrogen and oxygen atoms in total. The third-order valence-electron chi connectivity index (χ3n) is 1.99. The van der Waals surface area contributed by atoms with Crippen LogP contribution < -0.4 is 9.47 Å². The second-order valence-corrected chi connectivity index (χ2v) is 3.13. The maximum absolute atomic E-state index is 9.12. The van der Waals surface area contributed by atoms with Gasteiger partial charge in [0, 0.05) is 12.3 Å². The van der Waals surface area contributed by atoms with Crippen LogP contribution in [-0.2, 0) is 0 Å². The van der Waals surface area contributed by atoms with Crippen molar-refractivity contribution in [1.82, 2.24) is 4.98 Å². The van der Waals surface area contributed by atoms with Crippen molar-refractivity contribution in [2.75, 3.05) is 7.11 Å². The van der Waals surface area contributed by atoms with Gasteiger partial charge in [0.2, 0.25) is 5.88 Å². The van der Waals surface area contributed by atoms with Crippen molar-refractivity contribution in [3.8, 4) is 23.1 Å². The van der Waals surface area contributed by atoms with Gasteiger partial charge < -0.3 is 14.6 Å². The molecule has 1 heterocycles. The molecular weight excluding hydrogens is 206 g/mol. The summed E-state index contributed by atoms with van der Waals surface area (Å²) < 4.78 is 10.5. The minimum absolute atomic E-state index is 0.208. The van der Waals surface area contributed by atoms with Crippen molar-refractivity contribution in [3.63, 3.8) is 0 Å². The summed E-state index contributed by atoms with van der Waals surface area (Å²) in [5, 5.41) is 9.12. The van der Waals surface area contributed by atoms with E-state index in [1.807, 2.05) is 0 Å². The van der Waals surface area contributed by atoms with E-state index in [1.54, 1.807) is 49.7 Å². The van der Waals surface area contributed by atoms with Crippen molar-refractivity contribution < 1.29 is 14.6 Å². The van der Waals surface area contributed by atoms with Crippen LogP contribution in [-0.4, -0.2) is 17.2 Å². The molecule has 0 aliphatic carbocycles. The molecule has 2 rings (SSSR count). The summed E-state index contributed by atoms with van der Waals surface area (Å²) in [6.07, 6.45) is 1.61. The predicted molar refractivity (Wildman–Crippen MR) is 59.0 cm³/mol. The first-order chi connectivity index (χ1) is 7.78. The van der Waals surface area contributed by atoms with Crippen LogP contribution in [0.2, 0.25) is 0 Å². The van der Waals surface area contributed by atoms with E-state index in [1.165, 1.54) is 0 Å². The number of benzene rings is 1. The number of aromatic nitrogens is 1. The van der Waals surface area contributed by atoms with Crippen LogP contribution in [0.25, 0.3) is 0 Å². The summed E-state index contributed by atoms with van der Waals surface area (Å²) in [6, 6.07) is 9.91. The standard InChI is InChI=1S/C12H11NO3/c1-15-12-8-11(6-7-13-12)16-10-4-2-9(14)3-5-10/h2-8,14H,1H3. The zero-order valence-corrected chi connectivity index (χ0v) is 8.75. The minimum Gasteiger partial charge on any atom is -0.508 e. The van der Waals surface area contributed by atoms with E-state index >= 15 is 0 Å². The number of phenolic OH excluding ortho intramolecular Hbond substituents is 1. The Morgan fingerprint density at radius 1 is 1.06 bits per heavy atom. The fourth-order valence-electron chi connectivity index (χ4n) is 1.22. The number of phenols is 1. The Morgan fingerprint density at radius 2 is 1.81 bits per heavy atom. The van der Waals surface area contributed by atoms with Gasteiger partial charge in [-0.05, 0) is 30.3 Å². The Bertz CT molecular complexity index is 468. The lowest BCUT2D eigenvalue weighted by Crippen LogP contribution is -1.88. The zero-order valence-electron chi connectivity index (χ0n) is 8.75. The number of pyridine rings is 1. The van der Waals surface area contributed by atoms with Crippen LogP contribution in [0, 0.1) is 0 Å². The number of aromatic hydroxyl groups is 1.